The lowest BCUT2D eigenvalue weighted by Gasteiger charge is -2.13. The fourth-order valence-corrected chi connectivity index (χ4v) is 4.35. The van der Waals surface area contributed by atoms with Crippen LogP contribution in [0.5, 0.6) is 0 Å². The van der Waals surface area contributed by atoms with Gasteiger partial charge in [-0.1, -0.05) is 43.7 Å². The van der Waals surface area contributed by atoms with Gasteiger partial charge < -0.3 is 0 Å². The Morgan fingerprint density at radius 1 is 1.06 bits per heavy atom. The zero-order valence-electron chi connectivity index (χ0n) is 18.8. The highest BCUT2D eigenvalue weighted by molar-refractivity contribution is 6.18. The molecule has 0 spiro atoms. The first kappa shape index (κ1) is 20.8. The van der Waals surface area contributed by atoms with E-state index in [1.807, 2.05) is 50.2 Å². The maximum Gasteiger partial charge on any atom is 0.270 e. The normalized spacial score (nSPS) is 13.5. The number of fused-ring (bicyclic) bond motifs is 4. The summed E-state index contributed by atoms with van der Waals surface area (Å²) in [7, 11) is 0. The summed E-state index contributed by atoms with van der Waals surface area (Å²) in [5.74, 6) is 0.620. The topological polar surface area (TPSA) is 90.4 Å². The first-order valence-corrected chi connectivity index (χ1v) is 10.8. The molecule has 1 aliphatic rings. The summed E-state index contributed by atoms with van der Waals surface area (Å²) in [6, 6.07) is 16.0. The van der Waals surface area contributed by atoms with Crippen LogP contribution in [0.25, 0.3) is 16.6 Å². The van der Waals surface area contributed by atoms with Crippen molar-refractivity contribution in [1.29, 1.82) is 0 Å². The van der Waals surface area contributed by atoms with Crippen LogP contribution >= 0.6 is 0 Å². The number of rotatable bonds is 3. The minimum atomic E-state index is -0.440. The summed E-state index contributed by atoms with van der Waals surface area (Å²) < 4.78 is 1.52. The van der Waals surface area contributed by atoms with Crippen molar-refractivity contribution in [3.05, 3.63) is 103 Å². The summed E-state index contributed by atoms with van der Waals surface area (Å²) in [5, 5.41) is 12.0. The van der Waals surface area contributed by atoms with E-state index in [0.717, 1.165) is 22.4 Å². The molecular weight excluding hydrogens is 416 g/mol. The largest absolute Gasteiger partial charge is 0.270 e. The minimum absolute atomic E-state index is 0.0587. The molecule has 1 aliphatic heterocycles. The van der Waals surface area contributed by atoms with Gasteiger partial charge in [-0.3, -0.25) is 19.5 Å². The van der Waals surface area contributed by atoms with Gasteiger partial charge in [0.05, 0.1) is 27.2 Å². The molecule has 0 saturated carbocycles. The van der Waals surface area contributed by atoms with Gasteiger partial charge in [0.1, 0.15) is 5.71 Å². The van der Waals surface area contributed by atoms with Gasteiger partial charge in [-0.25, -0.2) is 9.98 Å². The average Bonchev–Trinajstić information content (AvgIpc) is 3.08. The van der Waals surface area contributed by atoms with Gasteiger partial charge in [0.15, 0.2) is 5.82 Å². The number of nitrogens with zero attached hydrogens (tertiary/aromatic N) is 4. The molecule has 1 aromatic heterocycles. The molecule has 0 N–H and O–H groups in total. The highest BCUT2D eigenvalue weighted by atomic mass is 16.6. The Bertz CT molecular complexity index is 1560. The Balaban J connectivity index is 1.90. The van der Waals surface area contributed by atoms with Crippen LogP contribution in [0.4, 0.5) is 11.4 Å². The number of nitro benzene ring substituents is 1. The number of nitro groups is 1. The minimum Gasteiger partial charge on any atom is -0.268 e. The summed E-state index contributed by atoms with van der Waals surface area (Å²) in [6.45, 7) is 8.10. The lowest BCUT2D eigenvalue weighted by Crippen LogP contribution is -2.21. The van der Waals surface area contributed by atoms with Crippen LogP contribution in [0.2, 0.25) is 0 Å². The molecule has 0 aliphatic carbocycles. The van der Waals surface area contributed by atoms with E-state index in [9.17, 15) is 14.9 Å². The fourth-order valence-electron chi connectivity index (χ4n) is 4.35. The van der Waals surface area contributed by atoms with Gasteiger partial charge >= 0.3 is 0 Å². The van der Waals surface area contributed by atoms with E-state index in [1.54, 1.807) is 6.07 Å². The molecule has 3 aromatic carbocycles. The summed E-state index contributed by atoms with van der Waals surface area (Å²) in [6.07, 6.45) is 0. The number of benzene rings is 3. The van der Waals surface area contributed by atoms with Crippen LogP contribution in [0, 0.1) is 24.0 Å². The monoisotopic (exact) mass is 438 g/mol. The van der Waals surface area contributed by atoms with Crippen LogP contribution < -0.4 is 5.56 Å². The van der Waals surface area contributed by atoms with Crippen LogP contribution in [0.15, 0.2) is 64.4 Å². The molecule has 0 fully saturated rings. The summed E-state index contributed by atoms with van der Waals surface area (Å²) >= 11 is 0. The fraction of sp³-hybridized carbons (Fsp3) is 0.192. The lowest BCUT2D eigenvalue weighted by atomic mass is 9.98. The van der Waals surface area contributed by atoms with Crippen molar-refractivity contribution >= 4 is 28.0 Å². The highest BCUT2D eigenvalue weighted by Gasteiger charge is 2.31. The Hall–Kier alpha value is -4.13. The molecule has 0 atom stereocenters. The summed E-state index contributed by atoms with van der Waals surface area (Å²) in [4.78, 5) is 34.4. The molecule has 0 radical (unpaired) electrons. The zero-order chi connectivity index (χ0) is 23.4. The van der Waals surface area contributed by atoms with Crippen LogP contribution in [-0.2, 0) is 0 Å². The average molecular weight is 438 g/mol. The maximum atomic E-state index is 13.5. The van der Waals surface area contributed by atoms with Crippen molar-refractivity contribution in [2.45, 2.75) is 33.6 Å². The number of aromatic nitrogens is 2. The van der Waals surface area contributed by atoms with E-state index in [0.29, 0.717) is 33.7 Å². The van der Waals surface area contributed by atoms with Crippen molar-refractivity contribution in [2.75, 3.05) is 0 Å². The van der Waals surface area contributed by atoms with Crippen molar-refractivity contribution in [3.63, 3.8) is 0 Å². The third-order valence-corrected chi connectivity index (χ3v) is 6.04. The zero-order valence-corrected chi connectivity index (χ0v) is 18.8. The summed E-state index contributed by atoms with van der Waals surface area (Å²) in [5.41, 5.74) is 5.64. The second kappa shape index (κ2) is 7.48. The van der Waals surface area contributed by atoms with Crippen molar-refractivity contribution in [2.24, 2.45) is 4.99 Å². The van der Waals surface area contributed by atoms with E-state index in [-0.39, 0.29) is 17.2 Å². The van der Waals surface area contributed by atoms with Gasteiger partial charge in [-0.2, -0.15) is 0 Å². The number of aryl methyl sites for hydroxylation is 2. The number of non-ortho nitro benzene ring substituents is 1. The first-order chi connectivity index (χ1) is 15.8. The van der Waals surface area contributed by atoms with Gasteiger partial charge in [0.2, 0.25) is 0 Å². The molecule has 33 heavy (non-hydrogen) atoms. The van der Waals surface area contributed by atoms with Crippen LogP contribution in [0.3, 0.4) is 0 Å². The molecule has 4 aromatic rings. The predicted octanol–water partition coefficient (Wildman–Crippen LogP) is 5.52. The van der Waals surface area contributed by atoms with E-state index >= 15 is 0 Å². The van der Waals surface area contributed by atoms with E-state index in [2.05, 4.69) is 13.8 Å². The smallest absolute Gasteiger partial charge is 0.268 e. The molecule has 0 bridgehead atoms. The Morgan fingerprint density at radius 2 is 1.85 bits per heavy atom. The molecule has 0 saturated heterocycles. The van der Waals surface area contributed by atoms with E-state index in [1.165, 1.54) is 16.7 Å². The molecule has 7 nitrogen and oxygen atoms in total. The van der Waals surface area contributed by atoms with Crippen molar-refractivity contribution in [3.8, 4) is 5.69 Å². The SMILES string of the molecule is Cc1ccc2nc3n(c(=O)c2c1)-c1ccc([N+](=O)[O-])cc1C3=Nc1c(C)cccc1C(C)C. The molecular formula is C26H22N4O3. The second-order valence-electron chi connectivity index (χ2n) is 8.68. The molecule has 2 heterocycles. The van der Waals surface area contributed by atoms with Gasteiger partial charge in [-0.05, 0) is 49.1 Å². The molecule has 0 unspecified atom stereocenters. The highest BCUT2D eigenvalue weighted by Crippen LogP contribution is 2.35. The first-order valence-electron chi connectivity index (χ1n) is 10.8. The maximum absolute atomic E-state index is 13.5. The quantitative estimate of drug-likeness (QED) is 0.274. The van der Waals surface area contributed by atoms with Gasteiger partial charge in [-0.15, -0.1) is 0 Å². The third kappa shape index (κ3) is 3.24. The lowest BCUT2D eigenvalue weighted by molar-refractivity contribution is -0.384. The number of aliphatic imine (C=N–C) groups is 1. The van der Waals surface area contributed by atoms with Crippen LogP contribution in [0.1, 0.15) is 47.8 Å². The Morgan fingerprint density at radius 3 is 2.58 bits per heavy atom. The standard InChI is InChI=1S/C26H22N4O3/c1-14(2)18-7-5-6-16(4)23(18)28-24-20-13-17(30(32)33)9-11-22(20)29-25(24)27-21-10-8-15(3)12-19(21)26(29)31/h5-14H,1-4H3. The van der Waals surface area contributed by atoms with Gasteiger partial charge in [0, 0.05) is 17.7 Å². The number of hydrogen-bond acceptors (Lipinski definition) is 5. The van der Waals surface area contributed by atoms with Crippen molar-refractivity contribution in [1.82, 2.24) is 9.55 Å². The third-order valence-electron chi connectivity index (χ3n) is 6.04. The number of para-hydroxylation sites is 1. The second-order valence-corrected chi connectivity index (χ2v) is 8.68. The molecule has 164 valence electrons. The van der Waals surface area contributed by atoms with Crippen molar-refractivity contribution < 1.29 is 4.92 Å². The number of hydrogen-bond donors (Lipinski definition) is 0. The van der Waals surface area contributed by atoms with E-state index < -0.39 is 4.92 Å². The van der Waals surface area contributed by atoms with Gasteiger partial charge in [0.25, 0.3) is 11.2 Å². The molecule has 7 heteroatoms. The Kier molecular flexibility index (Phi) is 4.70. The van der Waals surface area contributed by atoms with E-state index in [4.69, 9.17) is 9.98 Å². The molecule has 5 rings (SSSR count). The predicted molar refractivity (Wildman–Crippen MR) is 129 cm³/mol. The van der Waals surface area contributed by atoms with Crippen LogP contribution in [-0.4, -0.2) is 20.2 Å². The Labute approximate surface area is 190 Å². The molecule has 0 amide bonds.